The van der Waals surface area contributed by atoms with Crippen molar-refractivity contribution in [2.45, 2.75) is 12.5 Å². The molecule has 2 N–H and O–H groups in total. The maximum atomic E-state index is 13.5. The van der Waals surface area contributed by atoms with Crippen LogP contribution in [0.3, 0.4) is 0 Å². The fourth-order valence-electron chi connectivity index (χ4n) is 1.69. The second-order valence-corrected chi connectivity index (χ2v) is 5.60. The van der Waals surface area contributed by atoms with Gasteiger partial charge in [0.2, 0.25) is 0 Å². The van der Waals surface area contributed by atoms with E-state index in [2.05, 4.69) is 0 Å². The zero-order valence-electron chi connectivity index (χ0n) is 9.09. The van der Waals surface area contributed by atoms with Gasteiger partial charge in [-0.2, -0.15) is 0 Å². The summed E-state index contributed by atoms with van der Waals surface area (Å²) >= 11 is 7.05. The van der Waals surface area contributed by atoms with Gasteiger partial charge in [-0.25, -0.2) is 13.2 Å². The van der Waals surface area contributed by atoms with Gasteiger partial charge in [-0.3, -0.25) is 0 Å². The minimum Gasteiger partial charge on any atom is -0.323 e. The molecule has 1 aromatic heterocycles. The van der Waals surface area contributed by atoms with Crippen LogP contribution in [0.4, 0.5) is 13.2 Å². The van der Waals surface area contributed by atoms with E-state index in [4.69, 9.17) is 17.3 Å². The Balaban J connectivity index is 2.26. The normalized spacial score (nSPS) is 12.7. The summed E-state index contributed by atoms with van der Waals surface area (Å²) in [4.78, 5) is 0.815. The Morgan fingerprint density at radius 3 is 2.28 bits per heavy atom. The molecule has 0 aliphatic heterocycles. The highest BCUT2D eigenvalue weighted by atomic mass is 35.5. The number of nitrogens with two attached hydrogens (primary N) is 1. The van der Waals surface area contributed by atoms with Crippen molar-refractivity contribution in [1.29, 1.82) is 0 Å². The van der Waals surface area contributed by atoms with Crippen molar-refractivity contribution >= 4 is 22.9 Å². The molecule has 6 heteroatoms. The standard InChI is InChI=1S/C12H9ClF3NS/c13-11-2-1-7(18-11)5-10(17)12-8(15)3-6(14)4-9(12)16/h1-4,10H,5,17H2. The summed E-state index contributed by atoms with van der Waals surface area (Å²) in [6, 6.07) is 3.80. The van der Waals surface area contributed by atoms with Crippen LogP contribution in [-0.4, -0.2) is 0 Å². The second-order valence-electron chi connectivity index (χ2n) is 3.80. The summed E-state index contributed by atoms with van der Waals surface area (Å²) in [5.41, 5.74) is 5.44. The van der Waals surface area contributed by atoms with Crippen LogP contribution in [0.15, 0.2) is 24.3 Å². The van der Waals surface area contributed by atoms with Crippen LogP contribution in [0.2, 0.25) is 4.34 Å². The summed E-state index contributed by atoms with van der Waals surface area (Å²) < 4.78 is 40.3. The average Bonchev–Trinajstić information content (AvgIpc) is 2.62. The minimum atomic E-state index is -0.970. The van der Waals surface area contributed by atoms with Gasteiger partial charge in [0.15, 0.2) is 0 Å². The van der Waals surface area contributed by atoms with E-state index in [1.54, 1.807) is 12.1 Å². The third-order valence-electron chi connectivity index (χ3n) is 2.46. The zero-order chi connectivity index (χ0) is 13.3. The van der Waals surface area contributed by atoms with Crippen LogP contribution in [0.5, 0.6) is 0 Å². The Kier molecular flexibility index (Phi) is 3.94. The first-order valence-electron chi connectivity index (χ1n) is 5.11. The molecule has 0 radical (unpaired) electrons. The van der Waals surface area contributed by atoms with E-state index in [1.165, 1.54) is 11.3 Å². The van der Waals surface area contributed by atoms with Crippen molar-refractivity contribution in [3.63, 3.8) is 0 Å². The van der Waals surface area contributed by atoms with Crippen molar-refractivity contribution in [3.8, 4) is 0 Å². The monoisotopic (exact) mass is 291 g/mol. The van der Waals surface area contributed by atoms with E-state index in [0.29, 0.717) is 16.5 Å². The molecular weight excluding hydrogens is 283 g/mol. The number of hydrogen-bond donors (Lipinski definition) is 1. The molecule has 1 unspecified atom stereocenters. The molecule has 1 atom stereocenters. The smallest absolute Gasteiger partial charge is 0.133 e. The summed E-state index contributed by atoms with van der Waals surface area (Å²) in [6.07, 6.45) is 0.247. The number of benzene rings is 1. The third-order valence-corrected chi connectivity index (χ3v) is 3.72. The molecule has 96 valence electrons. The first kappa shape index (κ1) is 13.4. The minimum absolute atomic E-state index is 0.247. The zero-order valence-corrected chi connectivity index (χ0v) is 10.7. The number of hydrogen-bond acceptors (Lipinski definition) is 2. The predicted octanol–water partition coefficient (Wildman–Crippen LogP) is 4.06. The first-order chi connectivity index (χ1) is 8.47. The topological polar surface area (TPSA) is 26.0 Å². The quantitative estimate of drug-likeness (QED) is 0.907. The molecule has 0 fully saturated rings. The Labute approximate surface area is 111 Å². The third kappa shape index (κ3) is 2.85. The van der Waals surface area contributed by atoms with Gasteiger partial charge < -0.3 is 5.73 Å². The van der Waals surface area contributed by atoms with Gasteiger partial charge in [0.05, 0.1) is 4.34 Å². The molecule has 1 heterocycles. The summed E-state index contributed by atoms with van der Waals surface area (Å²) in [5, 5.41) is 0. The molecule has 2 rings (SSSR count). The van der Waals surface area contributed by atoms with Gasteiger partial charge in [-0.15, -0.1) is 11.3 Å². The fraction of sp³-hybridized carbons (Fsp3) is 0.167. The van der Waals surface area contributed by atoms with Crippen LogP contribution in [0.1, 0.15) is 16.5 Å². The number of thiophene rings is 1. The molecule has 18 heavy (non-hydrogen) atoms. The lowest BCUT2D eigenvalue weighted by Crippen LogP contribution is -2.16. The van der Waals surface area contributed by atoms with Gasteiger partial charge in [-0.1, -0.05) is 11.6 Å². The molecule has 2 aromatic rings. The summed E-state index contributed by atoms with van der Waals surface area (Å²) in [6.45, 7) is 0. The van der Waals surface area contributed by atoms with Gasteiger partial charge in [-0.05, 0) is 12.1 Å². The van der Waals surface area contributed by atoms with Crippen molar-refractivity contribution in [2.75, 3.05) is 0 Å². The maximum absolute atomic E-state index is 13.5. The molecule has 0 amide bonds. The lowest BCUT2D eigenvalue weighted by Gasteiger charge is -2.13. The summed E-state index contributed by atoms with van der Waals surface area (Å²) in [7, 11) is 0. The van der Waals surface area contributed by atoms with Gasteiger partial charge in [0.25, 0.3) is 0 Å². The van der Waals surface area contributed by atoms with Crippen LogP contribution in [0, 0.1) is 17.5 Å². The van der Waals surface area contributed by atoms with Crippen molar-refractivity contribution < 1.29 is 13.2 Å². The van der Waals surface area contributed by atoms with E-state index < -0.39 is 23.5 Å². The molecule has 0 bridgehead atoms. The van der Waals surface area contributed by atoms with E-state index in [0.717, 1.165) is 4.88 Å². The van der Waals surface area contributed by atoms with Crippen molar-refractivity contribution in [3.05, 3.63) is 56.5 Å². The summed E-state index contributed by atoms with van der Waals surface area (Å²) in [5.74, 6) is -2.90. The largest absolute Gasteiger partial charge is 0.323 e. The van der Waals surface area contributed by atoms with E-state index in [9.17, 15) is 13.2 Å². The Morgan fingerprint density at radius 1 is 1.17 bits per heavy atom. The van der Waals surface area contributed by atoms with Gasteiger partial charge in [0.1, 0.15) is 17.5 Å². The fourth-order valence-corrected chi connectivity index (χ4v) is 2.83. The second kappa shape index (κ2) is 5.30. The predicted molar refractivity (Wildman–Crippen MR) is 66.3 cm³/mol. The van der Waals surface area contributed by atoms with E-state index >= 15 is 0 Å². The van der Waals surface area contributed by atoms with Crippen molar-refractivity contribution in [2.24, 2.45) is 5.73 Å². The van der Waals surface area contributed by atoms with Crippen LogP contribution < -0.4 is 5.73 Å². The molecule has 0 saturated carbocycles. The van der Waals surface area contributed by atoms with Crippen molar-refractivity contribution in [1.82, 2.24) is 0 Å². The molecular formula is C12H9ClF3NS. The molecule has 0 saturated heterocycles. The highest BCUT2D eigenvalue weighted by Crippen LogP contribution is 2.28. The number of halogens is 4. The highest BCUT2D eigenvalue weighted by Gasteiger charge is 2.19. The SMILES string of the molecule is NC(Cc1ccc(Cl)s1)c1c(F)cc(F)cc1F. The molecule has 1 aromatic carbocycles. The average molecular weight is 292 g/mol. The molecule has 0 aliphatic carbocycles. The molecule has 0 aliphatic rings. The first-order valence-corrected chi connectivity index (χ1v) is 6.31. The lowest BCUT2D eigenvalue weighted by molar-refractivity contribution is 0.502. The van der Waals surface area contributed by atoms with E-state index in [-0.39, 0.29) is 12.0 Å². The number of rotatable bonds is 3. The van der Waals surface area contributed by atoms with Gasteiger partial charge >= 0.3 is 0 Å². The molecule has 1 nitrogen and oxygen atoms in total. The van der Waals surface area contributed by atoms with Gasteiger partial charge in [0, 0.05) is 35.0 Å². The van der Waals surface area contributed by atoms with Crippen LogP contribution in [0.25, 0.3) is 0 Å². The van der Waals surface area contributed by atoms with Crippen LogP contribution in [-0.2, 0) is 6.42 Å². The van der Waals surface area contributed by atoms with E-state index in [1.807, 2.05) is 0 Å². The van der Waals surface area contributed by atoms with Crippen LogP contribution >= 0.6 is 22.9 Å². The molecule has 0 spiro atoms. The Morgan fingerprint density at radius 2 is 1.78 bits per heavy atom. The Hall–Kier alpha value is -1.04. The Bertz CT molecular complexity index is 547. The maximum Gasteiger partial charge on any atom is 0.133 e. The highest BCUT2D eigenvalue weighted by molar-refractivity contribution is 7.16. The lowest BCUT2D eigenvalue weighted by atomic mass is 10.0.